The fourth-order valence-corrected chi connectivity index (χ4v) is 4.13. The molecule has 0 aliphatic carbocycles. The quantitative estimate of drug-likeness (QED) is 0.553. The van der Waals surface area contributed by atoms with Crippen LogP contribution in [0.4, 0.5) is 0 Å². The third kappa shape index (κ3) is 2.78. The van der Waals surface area contributed by atoms with Crippen LogP contribution in [-0.4, -0.2) is 34.0 Å². The molecule has 1 aliphatic heterocycles. The maximum absolute atomic E-state index is 12.1. The van der Waals surface area contributed by atoms with E-state index in [1.807, 2.05) is 18.0 Å². The smallest absolute Gasteiger partial charge is 0.223 e. The first-order valence-corrected chi connectivity index (χ1v) is 9.36. The molecule has 4 nitrogen and oxygen atoms in total. The van der Waals surface area contributed by atoms with E-state index in [1.54, 1.807) is 0 Å². The van der Waals surface area contributed by atoms with Gasteiger partial charge in [-0.3, -0.25) is 4.79 Å². The van der Waals surface area contributed by atoms with E-state index >= 15 is 0 Å². The second-order valence-corrected chi connectivity index (χ2v) is 7.40. The van der Waals surface area contributed by atoms with Crippen molar-refractivity contribution in [2.24, 2.45) is 0 Å². The van der Waals surface area contributed by atoms with Gasteiger partial charge in [-0.2, -0.15) is 0 Å². The summed E-state index contributed by atoms with van der Waals surface area (Å²) in [5.74, 6) is 1.36. The number of likely N-dealkylation sites (tertiary alicyclic amines) is 1. The van der Waals surface area contributed by atoms with Gasteiger partial charge in [0.05, 0.1) is 11.0 Å². The highest BCUT2D eigenvalue weighted by Gasteiger charge is 2.31. The number of para-hydroxylation sites is 2. The summed E-state index contributed by atoms with van der Waals surface area (Å²) in [6, 6.07) is 23.3. The van der Waals surface area contributed by atoms with Crippen LogP contribution in [0.3, 0.4) is 0 Å². The highest BCUT2D eigenvalue weighted by atomic mass is 16.2. The van der Waals surface area contributed by atoms with Crippen LogP contribution in [0.1, 0.15) is 23.7 Å². The highest BCUT2D eigenvalue weighted by Crippen LogP contribution is 2.30. The SMILES string of the molecule is CN1CC(c2nc3ccccc3n2Cc2ccc3ccccc3c2)CC1=O. The predicted molar refractivity (Wildman–Crippen MR) is 108 cm³/mol. The number of aromatic nitrogens is 2. The van der Waals surface area contributed by atoms with Crippen LogP contribution in [0.25, 0.3) is 21.8 Å². The lowest BCUT2D eigenvalue weighted by molar-refractivity contribution is -0.126. The second-order valence-electron chi connectivity index (χ2n) is 7.40. The molecule has 0 N–H and O–H groups in total. The average Bonchev–Trinajstić information content (AvgIpc) is 3.22. The number of carbonyl (C=O) groups is 1. The van der Waals surface area contributed by atoms with E-state index in [1.165, 1.54) is 16.3 Å². The van der Waals surface area contributed by atoms with Crippen LogP contribution in [0.15, 0.2) is 66.7 Å². The van der Waals surface area contributed by atoms with Crippen molar-refractivity contribution >= 4 is 27.7 Å². The van der Waals surface area contributed by atoms with Gasteiger partial charge < -0.3 is 9.47 Å². The topological polar surface area (TPSA) is 38.1 Å². The largest absolute Gasteiger partial charge is 0.345 e. The van der Waals surface area contributed by atoms with Crippen LogP contribution in [-0.2, 0) is 11.3 Å². The number of rotatable bonds is 3. The number of amides is 1. The van der Waals surface area contributed by atoms with E-state index in [0.29, 0.717) is 6.42 Å². The van der Waals surface area contributed by atoms with Crippen molar-refractivity contribution in [3.63, 3.8) is 0 Å². The van der Waals surface area contributed by atoms with Crippen molar-refractivity contribution in [2.75, 3.05) is 13.6 Å². The monoisotopic (exact) mass is 355 g/mol. The molecule has 1 saturated heterocycles. The van der Waals surface area contributed by atoms with Gasteiger partial charge in [0.25, 0.3) is 0 Å². The minimum absolute atomic E-state index is 0.148. The summed E-state index contributed by atoms with van der Waals surface area (Å²) in [5.41, 5.74) is 3.37. The van der Waals surface area contributed by atoms with Crippen molar-refractivity contribution in [3.05, 3.63) is 78.1 Å². The zero-order valence-corrected chi connectivity index (χ0v) is 15.3. The third-order valence-electron chi connectivity index (χ3n) is 5.54. The van der Waals surface area contributed by atoms with Gasteiger partial charge in [0.1, 0.15) is 5.82 Å². The molecular weight excluding hydrogens is 334 g/mol. The van der Waals surface area contributed by atoms with Crippen molar-refractivity contribution in [1.29, 1.82) is 0 Å². The van der Waals surface area contributed by atoms with Crippen LogP contribution in [0.2, 0.25) is 0 Å². The maximum atomic E-state index is 12.1. The lowest BCUT2D eigenvalue weighted by Gasteiger charge is -2.14. The zero-order valence-electron chi connectivity index (χ0n) is 15.3. The van der Waals surface area contributed by atoms with Gasteiger partial charge in [0, 0.05) is 32.5 Å². The molecule has 4 heteroatoms. The summed E-state index contributed by atoms with van der Waals surface area (Å²) >= 11 is 0. The Hall–Kier alpha value is -3.14. The number of likely N-dealkylation sites (N-methyl/N-ethyl adjacent to an activating group) is 1. The van der Waals surface area contributed by atoms with Crippen LogP contribution in [0.5, 0.6) is 0 Å². The Labute approximate surface area is 158 Å². The van der Waals surface area contributed by atoms with E-state index in [0.717, 1.165) is 29.9 Å². The lowest BCUT2D eigenvalue weighted by Crippen LogP contribution is -2.19. The number of nitrogens with zero attached hydrogens (tertiary/aromatic N) is 3. The van der Waals surface area contributed by atoms with Gasteiger partial charge in [-0.1, -0.05) is 48.5 Å². The van der Waals surface area contributed by atoms with Gasteiger partial charge >= 0.3 is 0 Å². The Bertz CT molecular complexity index is 1160. The number of carbonyl (C=O) groups excluding carboxylic acids is 1. The third-order valence-corrected chi connectivity index (χ3v) is 5.54. The molecular formula is C23H21N3O. The molecule has 1 fully saturated rings. The van der Waals surface area contributed by atoms with E-state index in [9.17, 15) is 4.79 Å². The van der Waals surface area contributed by atoms with Gasteiger partial charge in [0.15, 0.2) is 0 Å². The summed E-state index contributed by atoms with van der Waals surface area (Å²) in [4.78, 5) is 18.8. The summed E-state index contributed by atoms with van der Waals surface area (Å²) in [7, 11) is 1.87. The molecule has 2 heterocycles. The van der Waals surface area contributed by atoms with Crippen LogP contribution < -0.4 is 0 Å². The highest BCUT2D eigenvalue weighted by molar-refractivity contribution is 5.83. The molecule has 1 aromatic heterocycles. The van der Waals surface area contributed by atoms with Gasteiger partial charge in [-0.05, 0) is 34.5 Å². The Morgan fingerprint density at radius 2 is 1.78 bits per heavy atom. The summed E-state index contributed by atoms with van der Waals surface area (Å²) < 4.78 is 2.29. The van der Waals surface area contributed by atoms with Gasteiger partial charge in [-0.25, -0.2) is 4.98 Å². The number of imidazole rings is 1. The number of hydrogen-bond acceptors (Lipinski definition) is 2. The summed E-state index contributed by atoms with van der Waals surface area (Å²) in [5, 5.41) is 2.50. The molecule has 1 atom stereocenters. The first-order chi connectivity index (χ1) is 13.2. The molecule has 5 rings (SSSR count). The fourth-order valence-electron chi connectivity index (χ4n) is 4.13. The van der Waals surface area contributed by atoms with E-state index in [-0.39, 0.29) is 11.8 Å². The fraction of sp³-hybridized carbons (Fsp3) is 0.217. The molecule has 1 amide bonds. The minimum Gasteiger partial charge on any atom is -0.345 e. The Morgan fingerprint density at radius 3 is 2.59 bits per heavy atom. The molecule has 0 saturated carbocycles. The van der Waals surface area contributed by atoms with Crippen molar-refractivity contribution in [3.8, 4) is 0 Å². The number of hydrogen-bond donors (Lipinski definition) is 0. The first kappa shape index (κ1) is 16.1. The van der Waals surface area contributed by atoms with Crippen LogP contribution >= 0.6 is 0 Å². The molecule has 4 aromatic rings. The molecule has 1 aliphatic rings. The number of fused-ring (bicyclic) bond motifs is 2. The Balaban J connectivity index is 1.60. The van der Waals surface area contributed by atoms with Crippen molar-refractivity contribution in [1.82, 2.24) is 14.5 Å². The average molecular weight is 355 g/mol. The zero-order chi connectivity index (χ0) is 18.4. The maximum Gasteiger partial charge on any atom is 0.223 e. The van der Waals surface area contributed by atoms with Gasteiger partial charge in [-0.15, -0.1) is 0 Å². The van der Waals surface area contributed by atoms with E-state index in [4.69, 9.17) is 4.98 Å². The van der Waals surface area contributed by atoms with Crippen molar-refractivity contribution < 1.29 is 4.79 Å². The normalized spacial score (nSPS) is 17.3. The molecule has 0 radical (unpaired) electrons. The Kier molecular flexibility index (Phi) is 3.71. The molecule has 0 spiro atoms. The van der Waals surface area contributed by atoms with Crippen molar-refractivity contribution in [2.45, 2.75) is 18.9 Å². The van der Waals surface area contributed by atoms with Crippen LogP contribution in [0, 0.1) is 0 Å². The second kappa shape index (κ2) is 6.23. The molecule has 134 valence electrons. The Morgan fingerprint density at radius 1 is 1.00 bits per heavy atom. The predicted octanol–water partition coefficient (Wildman–Crippen LogP) is 4.18. The van der Waals surface area contributed by atoms with Gasteiger partial charge in [0.2, 0.25) is 5.91 Å². The molecule has 1 unspecified atom stereocenters. The standard InChI is InChI=1S/C23H21N3O/c1-25-15-19(13-22(25)27)23-24-20-8-4-5-9-21(20)26(23)14-16-10-11-17-6-2-3-7-18(17)12-16/h2-12,19H,13-15H2,1H3. The number of benzene rings is 3. The molecule has 0 bridgehead atoms. The minimum atomic E-state index is 0.148. The lowest BCUT2D eigenvalue weighted by atomic mass is 10.1. The first-order valence-electron chi connectivity index (χ1n) is 9.36. The molecule has 3 aromatic carbocycles. The van der Waals surface area contributed by atoms with E-state index in [2.05, 4.69) is 65.2 Å². The van der Waals surface area contributed by atoms with E-state index < -0.39 is 0 Å². The molecule has 27 heavy (non-hydrogen) atoms. The summed E-state index contributed by atoms with van der Waals surface area (Å²) in [6.45, 7) is 1.50. The summed E-state index contributed by atoms with van der Waals surface area (Å²) in [6.07, 6.45) is 0.539.